The number of hydrogen-bond donors (Lipinski definition) is 1. The zero-order valence-electron chi connectivity index (χ0n) is 13.8. The summed E-state index contributed by atoms with van der Waals surface area (Å²) in [5, 5.41) is 0. The fourth-order valence-electron chi connectivity index (χ4n) is 3.74. The van der Waals surface area contributed by atoms with Gasteiger partial charge in [0.1, 0.15) is 11.6 Å². The van der Waals surface area contributed by atoms with E-state index in [-0.39, 0.29) is 11.6 Å². The lowest BCUT2D eigenvalue weighted by molar-refractivity contribution is 0.140. The molecule has 0 amide bonds. The molecular formula is C18H20N4O2. The first-order valence-corrected chi connectivity index (χ1v) is 8.10. The Balaban J connectivity index is 1.75. The topological polar surface area (TPSA) is 82.6 Å². The Morgan fingerprint density at radius 2 is 2.21 bits per heavy atom. The average Bonchev–Trinajstić information content (AvgIpc) is 2.87. The van der Waals surface area contributed by atoms with Crippen LogP contribution in [0.1, 0.15) is 24.5 Å². The minimum absolute atomic E-state index is 0.00548. The molecule has 1 aliphatic heterocycles. The molecule has 0 bridgehead atoms. The highest BCUT2D eigenvalue weighted by molar-refractivity contribution is 5.75. The molecule has 0 saturated heterocycles. The molecule has 124 valence electrons. The first-order chi connectivity index (χ1) is 11.6. The van der Waals surface area contributed by atoms with E-state index in [0.29, 0.717) is 11.9 Å². The number of ether oxygens (including phenoxy) is 2. The van der Waals surface area contributed by atoms with E-state index in [1.807, 2.05) is 6.92 Å². The van der Waals surface area contributed by atoms with Crippen LogP contribution < -0.4 is 10.5 Å². The van der Waals surface area contributed by atoms with Crippen LogP contribution in [0.4, 0.5) is 0 Å². The Bertz CT molecular complexity index is 820. The molecular weight excluding hydrogens is 304 g/mol. The summed E-state index contributed by atoms with van der Waals surface area (Å²) in [6.07, 6.45) is 6.05. The summed E-state index contributed by atoms with van der Waals surface area (Å²) in [4.78, 5) is 13.4. The summed E-state index contributed by atoms with van der Waals surface area (Å²) in [6.45, 7) is 2.05. The number of nitrogens with zero attached hydrogens (tertiary/aromatic N) is 3. The zero-order valence-corrected chi connectivity index (χ0v) is 13.8. The van der Waals surface area contributed by atoms with E-state index in [9.17, 15) is 0 Å². The number of aliphatic imine (C=N–C) groups is 1. The number of hydrogen-bond acceptors (Lipinski definition) is 6. The van der Waals surface area contributed by atoms with Crippen molar-refractivity contribution in [2.75, 3.05) is 7.11 Å². The third-order valence-electron chi connectivity index (χ3n) is 5.06. The molecule has 2 heterocycles. The van der Waals surface area contributed by atoms with E-state index in [1.165, 1.54) is 11.1 Å². The number of amidine groups is 1. The predicted octanol–water partition coefficient (Wildman–Crippen LogP) is 2.11. The van der Waals surface area contributed by atoms with Crippen molar-refractivity contribution < 1.29 is 9.47 Å². The largest absolute Gasteiger partial charge is 0.480 e. The summed E-state index contributed by atoms with van der Waals surface area (Å²) in [5.74, 6) is 0.521. The summed E-state index contributed by atoms with van der Waals surface area (Å²) in [6, 6.07) is 6.61. The molecule has 0 saturated carbocycles. The van der Waals surface area contributed by atoms with Crippen LogP contribution in [0, 0.1) is 0 Å². The number of rotatable bonds is 2. The third-order valence-corrected chi connectivity index (χ3v) is 5.06. The monoisotopic (exact) mass is 324 g/mol. The van der Waals surface area contributed by atoms with Gasteiger partial charge in [0.15, 0.2) is 0 Å². The van der Waals surface area contributed by atoms with Gasteiger partial charge in [-0.3, -0.25) is 4.98 Å². The SMILES string of the molecule is COc1cncc(-c2cccc3c2CC[C@@]2(C3)N=C(N)O[C@@H]2C)n1. The van der Waals surface area contributed by atoms with Gasteiger partial charge < -0.3 is 15.2 Å². The predicted molar refractivity (Wildman–Crippen MR) is 90.9 cm³/mol. The van der Waals surface area contributed by atoms with Crippen molar-refractivity contribution in [3.05, 3.63) is 41.7 Å². The molecule has 1 aliphatic carbocycles. The lowest BCUT2D eigenvalue weighted by atomic mass is 9.74. The number of fused-ring (bicyclic) bond motifs is 1. The van der Waals surface area contributed by atoms with Gasteiger partial charge in [0, 0.05) is 12.0 Å². The summed E-state index contributed by atoms with van der Waals surface area (Å²) in [5.41, 5.74) is 10.1. The van der Waals surface area contributed by atoms with Crippen LogP contribution in [0.5, 0.6) is 5.88 Å². The molecule has 0 unspecified atom stereocenters. The molecule has 6 heteroatoms. The first kappa shape index (κ1) is 14.9. The van der Waals surface area contributed by atoms with E-state index in [2.05, 4.69) is 33.2 Å². The molecule has 4 rings (SSSR count). The standard InChI is InChI=1S/C18H20N4O2/c1-11-18(22-17(19)24-11)7-6-13-12(8-18)4-3-5-14(13)15-9-20-10-16(21-15)23-2/h3-5,9-11H,6-8H2,1-2H3,(H2,19,22)/t11-,18+/m1/s1. The highest BCUT2D eigenvalue weighted by Crippen LogP contribution is 2.41. The lowest BCUT2D eigenvalue weighted by Crippen LogP contribution is -2.41. The van der Waals surface area contributed by atoms with Crippen LogP contribution in [-0.2, 0) is 17.6 Å². The second-order valence-corrected chi connectivity index (χ2v) is 6.38. The molecule has 2 aromatic rings. The smallest absolute Gasteiger partial charge is 0.282 e. The maximum atomic E-state index is 5.80. The summed E-state index contributed by atoms with van der Waals surface area (Å²) < 4.78 is 10.8. The number of benzene rings is 1. The normalized spacial score (nSPS) is 25.1. The van der Waals surface area contributed by atoms with Crippen molar-refractivity contribution in [3.8, 4) is 17.1 Å². The van der Waals surface area contributed by atoms with Crippen molar-refractivity contribution in [2.45, 2.75) is 37.8 Å². The molecule has 0 radical (unpaired) electrons. The second-order valence-electron chi connectivity index (χ2n) is 6.38. The van der Waals surface area contributed by atoms with E-state index in [0.717, 1.165) is 30.5 Å². The van der Waals surface area contributed by atoms with Crippen LogP contribution in [0.2, 0.25) is 0 Å². The van der Waals surface area contributed by atoms with Crippen molar-refractivity contribution in [3.63, 3.8) is 0 Å². The van der Waals surface area contributed by atoms with Crippen LogP contribution in [0.3, 0.4) is 0 Å². The van der Waals surface area contributed by atoms with Gasteiger partial charge in [0.25, 0.3) is 6.02 Å². The fourth-order valence-corrected chi connectivity index (χ4v) is 3.74. The van der Waals surface area contributed by atoms with Crippen molar-refractivity contribution in [1.82, 2.24) is 9.97 Å². The number of aromatic nitrogens is 2. The highest BCUT2D eigenvalue weighted by atomic mass is 16.5. The quantitative estimate of drug-likeness (QED) is 0.915. The maximum Gasteiger partial charge on any atom is 0.282 e. The van der Waals surface area contributed by atoms with Crippen molar-refractivity contribution in [1.29, 1.82) is 0 Å². The van der Waals surface area contributed by atoms with Gasteiger partial charge in [-0.1, -0.05) is 18.2 Å². The average molecular weight is 324 g/mol. The van der Waals surface area contributed by atoms with Gasteiger partial charge in [-0.15, -0.1) is 0 Å². The molecule has 6 nitrogen and oxygen atoms in total. The highest BCUT2D eigenvalue weighted by Gasteiger charge is 2.45. The third kappa shape index (κ3) is 2.29. The van der Waals surface area contributed by atoms with E-state index in [1.54, 1.807) is 19.5 Å². The number of nitrogens with two attached hydrogens (primary N) is 1. The van der Waals surface area contributed by atoms with Crippen LogP contribution in [0.15, 0.2) is 35.6 Å². The second kappa shape index (κ2) is 5.47. The van der Waals surface area contributed by atoms with Gasteiger partial charge >= 0.3 is 0 Å². The van der Waals surface area contributed by atoms with Gasteiger partial charge in [0.05, 0.1) is 25.2 Å². The van der Waals surface area contributed by atoms with Crippen molar-refractivity contribution in [2.24, 2.45) is 10.7 Å². The van der Waals surface area contributed by atoms with Crippen LogP contribution in [-0.4, -0.2) is 34.7 Å². The minimum atomic E-state index is -0.240. The molecule has 0 fully saturated rings. The molecule has 1 aromatic carbocycles. The molecule has 2 aliphatic rings. The Kier molecular flexibility index (Phi) is 3.40. The van der Waals surface area contributed by atoms with Crippen LogP contribution in [0.25, 0.3) is 11.3 Å². The van der Waals surface area contributed by atoms with Gasteiger partial charge in [0.2, 0.25) is 5.88 Å². The van der Waals surface area contributed by atoms with E-state index < -0.39 is 0 Å². The summed E-state index contributed by atoms with van der Waals surface area (Å²) >= 11 is 0. The Labute approximate surface area is 140 Å². The van der Waals surface area contributed by atoms with Gasteiger partial charge in [-0.25, -0.2) is 9.98 Å². The molecule has 2 N–H and O–H groups in total. The van der Waals surface area contributed by atoms with Gasteiger partial charge in [-0.05, 0) is 30.9 Å². The first-order valence-electron chi connectivity index (χ1n) is 8.10. The Hall–Kier alpha value is -2.63. The minimum Gasteiger partial charge on any atom is -0.480 e. The maximum absolute atomic E-state index is 5.80. The molecule has 1 aromatic heterocycles. The zero-order chi connectivity index (χ0) is 16.7. The Morgan fingerprint density at radius 3 is 2.96 bits per heavy atom. The number of methoxy groups -OCH3 is 1. The van der Waals surface area contributed by atoms with Crippen molar-refractivity contribution >= 4 is 6.02 Å². The fraction of sp³-hybridized carbons (Fsp3) is 0.389. The molecule has 2 atom stereocenters. The lowest BCUT2D eigenvalue weighted by Gasteiger charge is -2.35. The molecule has 24 heavy (non-hydrogen) atoms. The molecule has 1 spiro atoms. The van der Waals surface area contributed by atoms with Crippen LogP contribution >= 0.6 is 0 Å². The van der Waals surface area contributed by atoms with E-state index in [4.69, 9.17) is 15.2 Å². The summed E-state index contributed by atoms with van der Waals surface area (Å²) in [7, 11) is 1.60. The van der Waals surface area contributed by atoms with E-state index >= 15 is 0 Å². The van der Waals surface area contributed by atoms with Gasteiger partial charge in [-0.2, -0.15) is 0 Å². The Morgan fingerprint density at radius 1 is 1.33 bits per heavy atom.